The molecule has 0 atom stereocenters. The Morgan fingerprint density at radius 1 is 1.29 bits per heavy atom. The Morgan fingerprint density at radius 3 is 2.81 bits per heavy atom. The van der Waals surface area contributed by atoms with E-state index in [1.165, 1.54) is 0 Å². The van der Waals surface area contributed by atoms with E-state index in [0.717, 1.165) is 0 Å². The lowest BCUT2D eigenvalue weighted by molar-refractivity contribution is 0.101. The molecule has 1 aliphatic heterocycles. The number of amides is 1. The van der Waals surface area contributed by atoms with Gasteiger partial charge in [0.1, 0.15) is 18.9 Å². The zero-order valence-electron chi connectivity index (χ0n) is 11.8. The van der Waals surface area contributed by atoms with Crippen LogP contribution in [0.15, 0.2) is 30.5 Å². The quantitative estimate of drug-likeness (QED) is 0.906. The van der Waals surface area contributed by atoms with Crippen LogP contribution in [0, 0.1) is 0 Å². The van der Waals surface area contributed by atoms with Gasteiger partial charge in [-0.15, -0.1) is 0 Å². The molecule has 6 nitrogen and oxygen atoms in total. The number of hydrogen-bond acceptors (Lipinski definition) is 4. The summed E-state index contributed by atoms with van der Waals surface area (Å²) in [6, 6.07) is 7.00. The maximum Gasteiger partial charge on any atom is 0.272 e. The van der Waals surface area contributed by atoms with Crippen LogP contribution in [0.4, 0.5) is 11.4 Å². The van der Waals surface area contributed by atoms with Gasteiger partial charge in [0.25, 0.3) is 5.91 Å². The van der Waals surface area contributed by atoms with Crippen molar-refractivity contribution in [1.82, 2.24) is 4.57 Å². The number of anilines is 2. The molecule has 2 heterocycles. The first-order valence-electron chi connectivity index (χ1n) is 6.84. The SMILES string of the molecule is CCn1cc(N)cc1C(=O)Nc1ccc2c(c1)OCCO2. The highest BCUT2D eigenvalue weighted by Gasteiger charge is 2.15. The molecule has 0 bridgehead atoms. The van der Waals surface area contributed by atoms with Crippen molar-refractivity contribution in [2.75, 3.05) is 24.3 Å². The van der Waals surface area contributed by atoms with Crippen LogP contribution >= 0.6 is 0 Å². The third-order valence-corrected chi connectivity index (χ3v) is 3.29. The van der Waals surface area contributed by atoms with Crippen LogP contribution in [-0.2, 0) is 6.54 Å². The number of ether oxygens (including phenoxy) is 2. The number of carbonyl (C=O) groups is 1. The minimum atomic E-state index is -0.203. The lowest BCUT2D eigenvalue weighted by Gasteiger charge is -2.19. The molecule has 1 amide bonds. The van der Waals surface area contributed by atoms with Gasteiger partial charge in [-0.1, -0.05) is 0 Å². The number of fused-ring (bicyclic) bond motifs is 1. The van der Waals surface area contributed by atoms with Crippen molar-refractivity contribution in [3.63, 3.8) is 0 Å². The molecule has 21 heavy (non-hydrogen) atoms. The van der Waals surface area contributed by atoms with Crippen molar-refractivity contribution in [2.45, 2.75) is 13.5 Å². The predicted octanol–water partition coefficient (Wildman–Crippen LogP) is 2.11. The van der Waals surface area contributed by atoms with Gasteiger partial charge in [-0.05, 0) is 25.1 Å². The predicted molar refractivity (Wildman–Crippen MR) is 79.9 cm³/mol. The average molecular weight is 287 g/mol. The zero-order chi connectivity index (χ0) is 14.8. The molecule has 6 heteroatoms. The maximum absolute atomic E-state index is 12.3. The number of rotatable bonds is 3. The first-order chi connectivity index (χ1) is 10.2. The van der Waals surface area contributed by atoms with E-state index in [1.54, 1.807) is 30.5 Å². The summed E-state index contributed by atoms with van der Waals surface area (Å²) in [4.78, 5) is 12.3. The summed E-state index contributed by atoms with van der Waals surface area (Å²) in [6.07, 6.45) is 1.75. The van der Waals surface area contributed by atoms with Crippen molar-refractivity contribution in [3.8, 4) is 11.5 Å². The molecular formula is C15H17N3O3. The molecule has 0 radical (unpaired) electrons. The van der Waals surface area contributed by atoms with Crippen LogP contribution in [0.2, 0.25) is 0 Å². The number of nitrogens with two attached hydrogens (primary N) is 1. The van der Waals surface area contributed by atoms with Gasteiger partial charge in [0, 0.05) is 24.5 Å². The van der Waals surface area contributed by atoms with Crippen LogP contribution in [0.3, 0.4) is 0 Å². The number of nitrogens with one attached hydrogen (secondary N) is 1. The lowest BCUT2D eigenvalue weighted by Crippen LogP contribution is -2.18. The van der Waals surface area contributed by atoms with Crippen LogP contribution in [0.25, 0.3) is 0 Å². The van der Waals surface area contributed by atoms with Crippen molar-refractivity contribution < 1.29 is 14.3 Å². The highest BCUT2D eigenvalue weighted by Crippen LogP contribution is 2.32. The van der Waals surface area contributed by atoms with Crippen LogP contribution in [0.5, 0.6) is 11.5 Å². The topological polar surface area (TPSA) is 78.5 Å². The van der Waals surface area contributed by atoms with E-state index in [4.69, 9.17) is 15.2 Å². The second-order valence-corrected chi connectivity index (χ2v) is 4.76. The van der Waals surface area contributed by atoms with E-state index >= 15 is 0 Å². The van der Waals surface area contributed by atoms with Crippen LogP contribution < -0.4 is 20.5 Å². The summed E-state index contributed by atoms with van der Waals surface area (Å²) in [5, 5.41) is 2.85. The fourth-order valence-corrected chi connectivity index (χ4v) is 2.30. The highest BCUT2D eigenvalue weighted by molar-refractivity contribution is 6.04. The lowest BCUT2D eigenvalue weighted by atomic mass is 10.2. The molecule has 1 aliphatic rings. The second-order valence-electron chi connectivity index (χ2n) is 4.76. The smallest absolute Gasteiger partial charge is 0.272 e. The van der Waals surface area contributed by atoms with Gasteiger partial charge in [0.05, 0.1) is 5.69 Å². The Labute approximate surface area is 122 Å². The van der Waals surface area contributed by atoms with Crippen molar-refractivity contribution in [3.05, 3.63) is 36.2 Å². The third kappa shape index (κ3) is 2.65. The molecule has 1 aromatic carbocycles. The molecule has 3 N–H and O–H groups in total. The second kappa shape index (κ2) is 5.40. The van der Waals surface area contributed by atoms with Crippen molar-refractivity contribution in [1.29, 1.82) is 0 Å². The molecule has 3 rings (SSSR count). The number of carbonyl (C=O) groups excluding carboxylic acids is 1. The van der Waals surface area contributed by atoms with E-state index in [1.807, 2.05) is 11.5 Å². The first kappa shape index (κ1) is 13.4. The van der Waals surface area contributed by atoms with E-state index in [9.17, 15) is 4.79 Å². The molecule has 0 spiro atoms. The Kier molecular flexibility index (Phi) is 3.43. The normalized spacial score (nSPS) is 13.0. The average Bonchev–Trinajstić information content (AvgIpc) is 2.88. The van der Waals surface area contributed by atoms with E-state index in [-0.39, 0.29) is 5.91 Å². The Bertz CT molecular complexity index is 679. The zero-order valence-corrected chi connectivity index (χ0v) is 11.8. The summed E-state index contributed by atoms with van der Waals surface area (Å²) in [7, 11) is 0. The van der Waals surface area contributed by atoms with Crippen LogP contribution in [-0.4, -0.2) is 23.7 Å². The fourth-order valence-electron chi connectivity index (χ4n) is 2.30. The monoisotopic (exact) mass is 287 g/mol. The Morgan fingerprint density at radius 2 is 2.05 bits per heavy atom. The van der Waals surface area contributed by atoms with E-state index in [0.29, 0.717) is 48.3 Å². The molecule has 2 aromatic rings. The molecule has 110 valence electrons. The van der Waals surface area contributed by atoms with E-state index < -0.39 is 0 Å². The number of aromatic nitrogens is 1. The standard InChI is InChI=1S/C15H17N3O3/c1-2-18-9-10(16)7-12(18)15(19)17-11-3-4-13-14(8-11)21-6-5-20-13/h3-4,7-9H,2,5-6,16H2,1H3,(H,17,19). The largest absolute Gasteiger partial charge is 0.486 e. The number of nitrogen functional groups attached to an aromatic ring is 1. The highest BCUT2D eigenvalue weighted by atomic mass is 16.6. The molecular weight excluding hydrogens is 270 g/mol. The maximum atomic E-state index is 12.3. The Hall–Kier alpha value is -2.63. The molecule has 0 unspecified atom stereocenters. The summed E-state index contributed by atoms with van der Waals surface area (Å²) in [6.45, 7) is 3.70. The number of benzene rings is 1. The minimum Gasteiger partial charge on any atom is -0.486 e. The molecule has 0 saturated carbocycles. The van der Waals surface area contributed by atoms with Gasteiger partial charge in [-0.3, -0.25) is 4.79 Å². The number of nitrogens with zero attached hydrogens (tertiary/aromatic N) is 1. The minimum absolute atomic E-state index is 0.203. The number of aryl methyl sites for hydroxylation is 1. The molecule has 1 aromatic heterocycles. The molecule has 0 fully saturated rings. The van der Waals surface area contributed by atoms with Gasteiger partial charge >= 0.3 is 0 Å². The van der Waals surface area contributed by atoms with Crippen LogP contribution in [0.1, 0.15) is 17.4 Å². The fraction of sp³-hybridized carbons (Fsp3) is 0.267. The first-order valence-corrected chi connectivity index (χ1v) is 6.84. The Balaban J connectivity index is 1.81. The third-order valence-electron chi connectivity index (χ3n) is 3.29. The summed E-state index contributed by atoms with van der Waals surface area (Å²) in [5.41, 5.74) is 7.50. The van der Waals surface area contributed by atoms with E-state index in [2.05, 4.69) is 5.32 Å². The summed E-state index contributed by atoms with van der Waals surface area (Å²) >= 11 is 0. The molecule has 0 saturated heterocycles. The van der Waals surface area contributed by atoms with Gasteiger partial charge in [-0.25, -0.2) is 0 Å². The van der Waals surface area contributed by atoms with Gasteiger partial charge < -0.3 is 25.1 Å². The van der Waals surface area contributed by atoms with Gasteiger partial charge in [0.15, 0.2) is 11.5 Å². The van der Waals surface area contributed by atoms with Gasteiger partial charge in [-0.2, -0.15) is 0 Å². The number of hydrogen-bond donors (Lipinski definition) is 2. The summed E-state index contributed by atoms with van der Waals surface area (Å²) < 4.78 is 12.8. The van der Waals surface area contributed by atoms with Crippen molar-refractivity contribution in [2.24, 2.45) is 0 Å². The van der Waals surface area contributed by atoms with Crippen molar-refractivity contribution >= 4 is 17.3 Å². The van der Waals surface area contributed by atoms with Gasteiger partial charge in [0.2, 0.25) is 0 Å². The summed E-state index contributed by atoms with van der Waals surface area (Å²) in [5.74, 6) is 1.13. The molecule has 0 aliphatic carbocycles.